The number of aryl methyl sites for hydroxylation is 1. The van der Waals surface area contributed by atoms with Gasteiger partial charge in [0.15, 0.2) is 0 Å². The molecule has 0 radical (unpaired) electrons. The summed E-state index contributed by atoms with van der Waals surface area (Å²) in [6.45, 7) is 9.76. The third-order valence-corrected chi connectivity index (χ3v) is 3.16. The van der Waals surface area contributed by atoms with E-state index in [1.165, 1.54) is 5.75 Å². The van der Waals surface area contributed by atoms with Crippen molar-refractivity contribution in [1.29, 1.82) is 0 Å². The van der Waals surface area contributed by atoms with Gasteiger partial charge >= 0.3 is 0 Å². The molecule has 0 saturated heterocycles. The second kappa shape index (κ2) is 6.63. The van der Waals surface area contributed by atoms with Gasteiger partial charge in [-0.1, -0.05) is 13.0 Å². The van der Waals surface area contributed by atoms with Crippen LogP contribution in [0.25, 0.3) is 0 Å². The first-order chi connectivity index (χ1) is 7.67. The third kappa shape index (κ3) is 3.93. The van der Waals surface area contributed by atoms with Crippen LogP contribution < -0.4 is 5.32 Å². The number of anilines is 1. The van der Waals surface area contributed by atoms with E-state index in [0.717, 1.165) is 24.7 Å². The molecule has 1 heterocycles. The number of nitrogens with zero attached hydrogens (tertiary/aromatic N) is 2. The zero-order chi connectivity index (χ0) is 12.0. The zero-order valence-corrected chi connectivity index (χ0v) is 11.2. The molecular formula is C12H21N3S. The van der Waals surface area contributed by atoms with E-state index in [2.05, 4.69) is 40.8 Å². The maximum Gasteiger partial charge on any atom is 0.203 e. The van der Waals surface area contributed by atoms with Gasteiger partial charge in [0.05, 0.1) is 5.69 Å². The lowest BCUT2D eigenvalue weighted by Gasteiger charge is -2.13. The van der Waals surface area contributed by atoms with Crippen molar-refractivity contribution in [3.63, 3.8) is 0 Å². The van der Waals surface area contributed by atoms with Crippen LogP contribution in [-0.2, 0) is 6.54 Å². The molecule has 1 unspecified atom stereocenters. The Balaban J connectivity index is 2.65. The Hall–Kier alpha value is -0.900. The molecule has 3 nitrogen and oxygen atoms in total. The molecule has 1 aromatic heterocycles. The summed E-state index contributed by atoms with van der Waals surface area (Å²) >= 11 is 1.89. The lowest BCUT2D eigenvalue weighted by atomic mass is 10.2. The molecule has 4 heteroatoms. The number of aromatic nitrogens is 2. The normalized spacial score (nSPS) is 12.4. The smallest absolute Gasteiger partial charge is 0.203 e. The molecule has 1 atom stereocenters. The first-order valence-corrected chi connectivity index (χ1v) is 6.94. The quantitative estimate of drug-likeness (QED) is 0.742. The molecule has 0 aromatic carbocycles. The molecule has 16 heavy (non-hydrogen) atoms. The summed E-state index contributed by atoms with van der Waals surface area (Å²) in [4.78, 5) is 4.46. The number of imidazole rings is 1. The lowest BCUT2D eigenvalue weighted by molar-refractivity contribution is 0.534. The molecule has 90 valence electrons. The van der Waals surface area contributed by atoms with Crippen LogP contribution >= 0.6 is 11.8 Å². The summed E-state index contributed by atoms with van der Waals surface area (Å²) in [6.07, 6.45) is 6.09. The Morgan fingerprint density at radius 2 is 2.44 bits per heavy atom. The summed E-state index contributed by atoms with van der Waals surface area (Å²) in [5.41, 5.74) is 1.06. The topological polar surface area (TPSA) is 29.9 Å². The molecule has 0 fully saturated rings. The second-order valence-electron chi connectivity index (χ2n) is 4.09. The summed E-state index contributed by atoms with van der Waals surface area (Å²) < 4.78 is 2.19. The minimum absolute atomic E-state index is 0.660. The largest absolute Gasteiger partial charge is 0.352 e. The summed E-state index contributed by atoms with van der Waals surface area (Å²) in [5.74, 6) is 2.79. The monoisotopic (exact) mass is 239 g/mol. The van der Waals surface area contributed by atoms with Crippen LogP contribution in [0, 0.1) is 12.8 Å². The van der Waals surface area contributed by atoms with Gasteiger partial charge in [-0.05, 0) is 24.9 Å². The van der Waals surface area contributed by atoms with Crippen LogP contribution in [0.15, 0.2) is 18.9 Å². The van der Waals surface area contributed by atoms with Gasteiger partial charge in [-0.2, -0.15) is 11.8 Å². The van der Waals surface area contributed by atoms with E-state index in [1.54, 1.807) is 0 Å². The summed E-state index contributed by atoms with van der Waals surface area (Å²) in [5, 5.41) is 3.26. The van der Waals surface area contributed by atoms with Crippen molar-refractivity contribution in [2.45, 2.75) is 20.4 Å². The highest BCUT2D eigenvalue weighted by molar-refractivity contribution is 7.98. The highest BCUT2D eigenvalue weighted by Gasteiger charge is 2.08. The highest BCUT2D eigenvalue weighted by atomic mass is 32.2. The van der Waals surface area contributed by atoms with Crippen LogP contribution in [0.3, 0.4) is 0 Å². The van der Waals surface area contributed by atoms with Gasteiger partial charge < -0.3 is 9.88 Å². The van der Waals surface area contributed by atoms with E-state index in [4.69, 9.17) is 0 Å². The number of hydrogen-bond acceptors (Lipinski definition) is 3. The van der Waals surface area contributed by atoms with Crippen LogP contribution in [0.5, 0.6) is 0 Å². The van der Waals surface area contributed by atoms with Gasteiger partial charge in [0.25, 0.3) is 0 Å². The van der Waals surface area contributed by atoms with Crippen LogP contribution in [-0.4, -0.2) is 28.1 Å². The average Bonchev–Trinajstić information content (AvgIpc) is 2.56. The van der Waals surface area contributed by atoms with Crippen molar-refractivity contribution in [3.05, 3.63) is 24.5 Å². The van der Waals surface area contributed by atoms with Crippen molar-refractivity contribution in [2.24, 2.45) is 5.92 Å². The van der Waals surface area contributed by atoms with Crippen LogP contribution in [0.4, 0.5) is 5.95 Å². The zero-order valence-electron chi connectivity index (χ0n) is 10.4. The molecule has 0 bridgehead atoms. The maximum absolute atomic E-state index is 4.46. The number of hydrogen-bond donors (Lipinski definition) is 1. The van der Waals surface area contributed by atoms with Crippen LogP contribution in [0.2, 0.25) is 0 Å². The molecule has 0 aliphatic carbocycles. The molecule has 0 spiro atoms. The first-order valence-electron chi connectivity index (χ1n) is 5.54. The Morgan fingerprint density at radius 1 is 1.69 bits per heavy atom. The van der Waals surface area contributed by atoms with Crippen molar-refractivity contribution < 1.29 is 0 Å². The Bertz CT molecular complexity index is 333. The minimum Gasteiger partial charge on any atom is -0.352 e. The fourth-order valence-electron chi connectivity index (χ4n) is 1.66. The molecule has 1 rings (SSSR count). The first kappa shape index (κ1) is 13.2. The molecule has 0 aliphatic rings. The summed E-state index contributed by atoms with van der Waals surface area (Å²) in [6, 6.07) is 0. The van der Waals surface area contributed by atoms with Gasteiger partial charge in [-0.15, -0.1) is 6.58 Å². The highest BCUT2D eigenvalue weighted by Crippen LogP contribution is 2.13. The van der Waals surface area contributed by atoms with E-state index in [-0.39, 0.29) is 0 Å². The van der Waals surface area contributed by atoms with Gasteiger partial charge in [-0.3, -0.25) is 0 Å². The molecule has 0 saturated carbocycles. The molecule has 1 N–H and O–H groups in total. The Kier molecular flexibility index (Phi) is 5.46. The van der Waals surface area contributed by atoms with E-state index in [0.29, 0.717) is 5.92 Å². The van der Waals surface area contributed by atoms with Gasteiger partial charge in [-0.25, -0.2) is 4.98 Å². The van der Waals surface area contributed by atoms with Crippen molar-refractivity contribution >= 4 is 17.7 Å². The minimum atomic E-state index is 0.660. The van der Waals surface area contributed by atoms with E-state index >= 15 is 0 Å². The fraction of sp³-hybridized carbons (Fsp3) is 0.583. The number of thioether (sulfide) groups is 1. The van der Waals surface area contributed by atoms with Crippen molar-refractivity contribution in [2.75, 3.05) is 23.9 Å². The predicted octanol–water partition coefficient (Wildman–Crippen LogP) is 2.79. The third-order valence-electron chi connectivity index (χ3n) is 2.26. The standard InChI is InChI=1S/C12H21N3S/c1-5-6-13-12-14-11(3)8-15(12)7-10(2)9-16-4/h5,8,10H,1,6-7,9H2,2-4H3,(H,13,14). The molecular weight excluding hydrogens is 218 g/mol. The lowest BCUT2D eigenvalue weighted by Crippen LogP contribution is -2.13. The SMILES string of the molecule is C=CCNc1nc(C)cn1CC(C)CSC. The predicted molar refractivity (Wildman–Crippen MR) is 73.2 cm³/mol. The van der Waals surface area contributed by atoms with E-state index in [1.807, 2.05) is 24.8 Å². The van der Waals surface area contributed by atoms with E-state index < -0.39 is 0 Å². The van der Waals surface area contributed by atoms with Crippen molar-refractivity contribution in [1.82, 2.24) is 9.55 Å². The number of nitrogens with one attached hydrogen (secondary N) is 1. The van der Waals surface area contributed by atoms with Gasteiger partial charge in [0.1, 0.15) is 0 Å². The molecule has 0 amide bonds. The van der Waals surface area contributed by atoms with Crippen molar-refractivity contribution in [3.8, 4) is 0 Å². The Morgan fingerprint density at radius 3 is 3.06 bits per heavy atom. The van der Waals surface area contributed by atoms with Gasteiger partial charge in [0.2, 0.25) is 5.95 Å². The summed E-state index contributed by atoms with van der Waals surface area (Å²) in [7, 11) is 0. The second-order valence-corrected chi connectivity index (χ2v) is 5.00. The van der Waals surface area contributed by atoms with Gasteiger partial charge in [0, 0.05) is 19.3 Å². The maximum atomic E-state index is 4.46. The van der Waals surface area contributed by atoms with Crippen LogP contribution in [0.1, 0.15) is 12.6 Å². The fourth-order valence-corrected chi connectivity index (χ4v) is 2.34. The van der Waals surface area contributed by atoms with E-state index in [9.17, 15) is 0 Å². The molecule has 0 aliphatic heterocycles. The number of rotatable bonds is 7. The average molecular weight is 239 g/mol. The Labute approximate surface area is 102 Å². The molecule has 1 aromatic rings.